The van der Waals surface area contributed by atoms with Crippen LogP contribution in [-0.4, -0.2) is 57.1 Å². The number of ether oxygens (including phenoxy) is 3. The number of rotatable bonds is 10. The van der Waals surface area contributed by atoms with Gasteiger partial charge in [0, 0.05) is 13.1 Å². The molecule has 0 radical (unpaired) electrons. The van der Waals surface area contributed by atoms with Gasteiger partial charge in [-0.25, -0.2) is 0 Å². The summed E-state index contributed by atoms with van der Waals surface area (Å²) in [7, 11) is 5.28. The van der Waals surface area contributed by atoms with E-state index in [4.69, 9.17) is 14.2 Å². The van der Waals surface area contributed by atoms with Gasteiger partial charge < -0.3 is 24.2 Å². The Balaban J connectivity index is 1.83. The van der Waals surface area contributed by atoms with Gasteiger partial charge >= 0.3 is 0 Å². The Kier molecular flexibility index (Phi) is 8.15. The van der Waals surface area contributed by atoms with Gasteiger partial charge in [0.25, 0.3) is 0 Å². The second kappa shape index (κ2) is 10.3. The number of aryl methyl sites for hydroxylation is 2. The molecule has 0 heterocycles. The van der Waals surface area contributed by atoms with Crippen LogP contribution in [0.5, 0.6) is 17.2 Å². The van der Waals surface area contributed by atoms with Crippen molar-refractivity contribution in [3.8, 4) is 17.2 Å². The molecule has 5 nitrogen and oxygen atoms in total. The number of likely N-dealkylation sites (N-methyl/N-ethyl adjacent to an activating group) is 1. The molecule has 28 heavy (non-hydrogen) atoms. The molecule has 0 aromatic heterocycles. The Morgan fingerprint density at radius 3 is 2.32 bits per heavy atom. The van der Waals surface area contributed by atoms with E-state index in [9.17, 15) is 5.11 Å². The van der Waals surface area contributed by atoms with Crippen molar-refractivity contribution in [3.63, 3.8) is 0 Å². The molecule has 0 fully saturated rings. The lowest BCUT2D eigenvalue weighted by Gasteiger charge is -2.22. The maximum absolute atomic E-state index is 10.4. The zero-order valence-corrected chi connectivity index (χ0v) is 17.9. The molecule has 0 spiro atoms. The Hall–Kier alpha value is -2.24. The van der Waals surface area contributed by atoms with Crippen molar-refractivity contribution < 1.29 is 19.3 Å². The predicted molar refractivity (Wildman–Crippen MR) is 113 cm³/mol. The van der Waals surface area contributed by atoms with Gasteiger partial charge in [-0.15, -0.1) is 0 Å². The van der Waals surface area contributed by atoms with Gasteiger partial charge in [-0.3, -0.25) is 0 Å². The molecule has 2 aromatic rings. The topological polar surface area (TPSA) is 51.2 Å². The van der Waals surface area contributed by atoms with E-state index in [0.717, 1.165) is 41.3 Å². The summed E-state index contributed by atoms with van der Waals surface area (Å²) < 4.78 is 16.6. The van der Waals surface area contributed by atoms with E-state index in [0.29, 0.717) is 6.54 Å². The largest absolute Gasteiger partial charge is 0.493 e. The van der Waals surface area contributed by atoms with Crippen LogP contribution in [0, 0.1) is 20.8 Å². The van der Waals surface area contributed by atoms with E-state index in [-0.39, 0.29) is 6.61 Å². The predicted octanol–water partition coefficient (Wildman–Crippen LogP) is 3.54. The third-order valence-corrected chi connectivity index (χ3v) is 5.05. The molecule has 0 aliphatic heterocycles. The molecule has 0 unspecified atom stereocenters. The molecular formula is C23H33NO4. The summed E-state index contributed by atoms with van der Waals surface area (Å²) in [5.74, 6) is 2.35. The van der Waals surface area contributed by atoms with Crippen molar-refractivity contribution in [3.05, 3.63) is 52.6 Å². The van der Waals surface area contributed by atoms with Crippen LogP contribution in [0.15, 0.2) is 30.3 Å². The van der Waals surface area contributed by atoms with Gasteiger partial charge in [-0.2, -0.15) is 0 Å². The SMILES string of the molecule is COc1ccc(CCN(C)C[C@H](O)COc2c(C)ccc(C)c2C)cc1OC. The average Bonchev–Trinajstić information content (AvgIpc) is 2.69. The molecule has 2 aromatic carbocycles. The lowest BCUT2D eigenvalue weighted by atomic mass is 10.1. The number of methoxy groups -OCH3 is 2. The second-order valence-electron chi connectivity index (χ2n) is 7.32. The van der Waals surface area contributed by atoms with Crippen molar-refractivity contribution in [2.45, 2.75) is 33.3 Å². The molecular weight excluding hydrogens is 354 g/mol. The summed E-state index contributed by atoms with van der Waals surface area (Å²) in [5, 5.41) is 10.4. The van der Waals surface area contributed by atoms with Gasteiger partial charge in [0.1, 0.15) is 18.5 Å². The molecule has 0 saturated heterocycles. The number of aliphatic hydroxyl groups excluding tert-OH is 1. The zero-order chi connectivity index (χ0) is 20.7. The first-order chi connectivity index (χ1) is 13.3. The zero-order valence-electron chi connectivity index (χ0n) is 17.9. The molecule has 0 amide bonds. The van der Waals surface area contributed by atoms with E-state index < -0.39 is 6.10 Å². The highest BCUT2D eigenvalue weighted by Crippen LogP contribution is 2.28. The third kappa shape index (κ3) is 5.88. The summed E-state index contributed by atoms with van der Waals surface area (Å²) in [4.78, 5) is 2.11. The Bertz CT molecular complexity index is 775. The fourth-order valence-electron chi connectivity index (χ4n) is 3.19. The molecule has 5 heteroatoms. The highest BCUT2D eigenvalue weighted by molar-refractivity contribution is 5.44. The van der Waals surface area contributed by atoms with Crippen LogP contribution in [0.2, 0.25) is 0 Å². The first-order valence-electron chi connectivity index (χ1n) is 9.62. The molecule has 1 N–H and O–H groups in total. The van der Waals surface area contributed by atoms with Crippen molar-refractivity contribution >= 4 is 0 Å². The fourth-order valence-corrected chi connectivity index (χ4v) is 3.19. The van der Waals surface area contributed by atoms with Crippen LogP contribution in [0.25, 0.3) is 0 Å². The number of benzene rings is 2. The van der Waals surface area contributed by atoms with Gasteiger partial charge in [-0.05, 0) is 68.6 Å². The van der Waals surface area contributed by atoms with Gasteiger partial charge in [0.05, 0.1) is 14.2 Å². The van der Waals surface area contributed by atoms with E-state index in [1.54, 1.807) is 14.2 Å². The summed E-state index contributed by atoms with van der Waals surface area (Å²) >= 11 is 0. The number of nitrogens with zero attached hydrogens (tertiary/aromatic N) is 1. The molecule has 154 valence electrons. The lowest BCUT2D eigenvalue weighted by molar-refractivity contribution is 0.0761. The van der Waals surface area contributed by atoms with E-state index in [1.807, 2.05) is 32.2 Å². The average molecular weight is 388 g/mol. The Morgan fingerprint density at radius 2 is 1.64 bits per heavy atom. The Labute approximate surface area is 168 Å². The van der Waals surface area contributed by atoms with Crippen LogP contribution >= 0.6 is 0 Å². The smallest absolute Gasteiger partial charge is 0.160 e. The minimum Gasteiger partial charge on any atom is -0.493 e. The third-order valence-electron chi connectivity index (χ3n) is 5.05. The molecule has 0 aliphatic rings. The lowest BCUT2D eigenvalue weighted by Crippen LogP contribution is -2.34. The monoisotopic (exact) mass is 387 g/mol. The molecule has 0 aliphatic carbocycles. The van der Waals surface area contributed by atoms with Crippen molar-refractivity contribution in [2.75, 3.05) is 41.0 Å². The summed E-state index contributed by atoms with van der Waals surface area (Å²) in [6.07, 6.45) is 0.315. The van der Waals surface area contributed by atoms with E-state index in [2.05, 4.69) is 30.9 Å². The minimum absolute atomic E-state index is 0.284. The van der Waals surface area contributed by atoms with Crippen LogP contribution < -0.4 is 14.2 Å². The molecule has 0 bridgehead atoms. The first-order valence-corrected chi connectivity index (χ1v) is 9.62. The highest BCUT2D eigenvalue weighted by atomic mass is 16.5. The van der Waals surface area contributed by atoms with Crippen LogP contribution in [-0.2, 0) is 6.42 Å². The van der Waals surface area contributed by atoms with E-state index >= 15 is 0 Å². The van der Waals surface area contributed by atoms with Gasteiger partial charge in [0.15, 0.2) is 11.5 Å². The van der Waals surface area contributed by atoms with Crippen LogP contribution in [0.4, 0.5) is 0 Å². The van der Waals surface area contributed by atoms with Crippen LogP contribution in [0.3, 0.4) is 0 Å². The normalized spacial score (nSPS) is 12.1. The molecule has 0 saturated carbocycles. The summed E-state index contributed by atoms with van der Waals surface area (Å²) in [6.45, 7) is 7.82. The maximum Gasteiger partial charge on any atom is 0.160 e. The highest BCUT2D eigenvalue weighted by Gasteiger charge is 2.13. The number of hydrogen-bond acceptors (Lipinski definition) is 5. The van der Waals surface area contributed by atoms with Crippen molar-refractivity contribution in [1.82, 2.24) is 4.90 Å². The summed E-state index contributed by atoms with van der Waals surface area (Å²) in [5.41, 5.74) is 4.59. The maximum atomic E-state index is 10.4. The molecule has 1 atom stereocenters. The first kappa shape index (κ1) is 22.1. The number of aliphatic hydroxyl groups is 1. The van der Waals surface area contributed by atoms with E-state index in [1.165, 1.54) is 11.1 Å². The van der Waals surface area contributed by atoms with Crippen LogP contribution in [0.1, 0.15) is 22.3 Å². The molecule has 2 rings (SSSR count). The van der Waals surface area contributed by atoms with Gasteiger partial charge in [-0.1, -0.05) is 18.2 Å². The second-order valence-corrected chi connectivity index (χ2v) is 7.32. The summed E-state index contributed by atoms with van der Waals surface area (Å²) in [6, 6.07) is 10.1. The Morgan fingerprint density at radius 1 is 0.964 bits per heavy atom. The fraction of sp³-hybridized carbons (Fsp3) is 0.478. The minimum atomic E-state index is -0.547. The van der Waals surface area contributed by atoms with Crippen molar-refractivity contribution in [1.29, 1.82) is 0 Å². The number of hydrogen-bond donors (Lipinski definition) is 1. The van der Waals surface area contributed by atoms with Gasteiger partial charge in [0.2, 0.25) is 0 Å². The van der Waals surface area contributed by atoms with Crippen molar-refractivity contribution in [2.24, 2.45) is 0 Å². The quantitative estimate of drug-likeness (QED) is 0.676. The standard InChI is InChI=1S/C23H33NO4/c1-16-7-8-17(2)23(18(16)3)28-15-20(25)14-24(4)12-11-19-9-10-21(26-5)22(13-19)27-6/h7-10,13,20,25H,11-12,14-15H2,1-6H3/t20-/m0/s1.